The minimum Gasteiger partial charge on any atom is -0.469 e. The summed E-state index contributed by atoms with van der Waals surface area (Å²) in [6.07, 6.45) is 9.03. The highest BCUT2D eigenvalue weighted by Crippen LogP contribution is 2.18. The van der Waals surface area contributed by atoms with E-state index < -0.39 is 0 Å². The number of rotatable bonds is 6. The molecule has 0 saturated heterocycles. The third kappa shape index (κ3) is 5.51. The molecule has 1 fully saturated rings. The Balaban J connectivity index is 2.02. The molecule has 0 radical (unpaired) electrons. The molecule has 2 rings (SSSR count). The van der Waals surface area contributed by atoms with Gasteiger partial charge in [0.25, 0.3) is 0 Å². The van der Waals surface area contributed by atoms with E-state index in [0.717, 1.165) is 31.2 Å². The van der Waals surface area contributed by atoms with Crippen molar-refractivity contribution in [3.8, 4) is 0 Å². The Morgan fingerprint density at radius 2 is 1.96 bits per heavy atom. The molecule has 1 N–H and O–H groups in total. The van der Waals surface area contributed by atoms with Gasteiger partial charge in [0.05, 0.1) is 13.0 Å². The van der Waals surface area contributed by atoms with Crippen LogP contribution in [0.4, 0.5) is 4.79 Å². The maximum absolute atomic E-state index is 12.7. The molecule has 0 bridgehead atoms. The Hall–Kier alpha value is -2.11. The lowest BCUT2D eigenvalue weighted by Crippen LogP contribution is -2.47. The smallest absolute Gasteiger partial charge is 0.317 e. The second-order valence-corrected chi connectivity index (χ2v) is 6.44. The van der Waals surface area contributed by atoms with E-state index in [0.29, 0.717) is 13.1 Å². The van der Waals surface area contributed by atoms with Gasteiger partial charge in [-0.3, -0.25) is 9.78 Å². The normalized spacial score (nSPS) is 16.2. The number of aromatic nitrogens is 1. The summed E-state index contributed by atoms with van der Waals surface area (Å²) < 4.78 is 4.79. The Morgan fingerprint density at radius 1 is 1.29 bits per heavy atom. The van der Waals surface area contributed by atoms with Crippen LogP contribution in [0.1, 0.15) is 44.6 Å². The summed E-state index contributed by atoms with van der Waals surface area (Å²) in [5.74, 6) is -0.672. The quantitative estimate of drug-likeness (QED) is 0.813. The Bertz CT molecular complexity index is 530. The van der Waals surface area contributed by atoms with Crippen molar-refractivity contribution in [3.63, 3.8) is 0 Å². The Morgan fingerprint density at radius 3 is 2.58 bits per heavy atom. The van der Waals surface area contributed by atoms with E-state index in [9.17, 15) is 9.59 Å². The standard InChI is InChI=1S/C18H27N3O3/c1-14(17(22)24-2)12-21(13-15-8-10-19-11-9-15)18(23)20-16-6-4-3-5-7-16/h8-11,14,16H,3-7,12-13H2,1-2H3,(H,20,23). The third-order valence-corrected chi connectivity index (χ3v) is 4.44. The van der Waals surface area contributed by atoms with E-state index in [2.05, 4.69) is 10.3 Å². The van der Waals surface area contributed by atoms with Gasteiger partial charge in [0, 0.05) is 31.5 Å². The zero-order valence-corrected chi connectivity index (χ0v) is 14.5. The maximum Gasteiger partial charge on any atom is 0.317 e. The van der Waals surface area contributed by atoms with Crippen molar-refractivity contribution in [2.75, 3.05) is 13.7 Å². The van der Waals surface area contributed by atoms with Gasteiger partial charge in [-0.2, -0.15) is 0 Å². The van der Waals surface area contributed by atoms with Gasteiger partial charge in [-0.15, -0.1) is 0 Å². The van der Waals surface area contributed by atoms with Gasteiger partial charge in [0.1, 0.15) is 0 Å². The minimum absolute atomic E-state index is 0.116. The summed E-state index contributed by atoms with van der Waals surface area (Å²) in [5.41, 5.74) is 0.987. The third-order valence-electron chi connectivity index (χ3n) is 4.44. The van der Waals surface area contributed by atoms with Crippen LogP contribution in [-0.2, 0) is 16.1 Å². The molecule has 1 heterocycles. The number of nitrogens with zero attached hydrogens (tertiary/aromatic N) is 2. The van der Waals surface area contributed by atoms with Crippen LogP contribution in [0.15, 0.2) is 24.5 Å². The lowest BCUT2D eigenvalue weighted by molar-refractivity contribution is -0.145. The van der Waals surface area contributed by atoms with E-state index in [-0.39, 0.29) is 24.0 Å². The summed E-state index contributed by atoms with van der Waals surface area (Å²) in [5, 5.41) is 3.12. The first-order valence-corrected chi connectivity index (χ1v) is 8.62. The SMILES string of the molecule is COC(=O)C(C)CN(Cc1ccncc1)C(=O)NC1CCCCC1. The highest BCUT2D eigenvalue weighted by atomic mass is 16.5. The van der Waals surface area contributed by atoms with Gasteiger partial charge >= 0.3 is 12.0 Å². The van der Waals surface area contributed by atoms with Gasteiger partial charge in [-0.25, -0.2) is 4.79 Å². The van der Waals surface area contributed by atoms with Crippen LogP contribution in [0, 0.1) is 5.92 Å². The predicted octanol–water partition coefficient (Wildman–Crippen LogP) is 2.74. The summed E-state index contributed by atoms with van der Waals surface area (Å²) in [4.78, 5) is 30.1. The Kier molecular flexibility index (Phi) is 7.03. The summed E-state index contributed by atoms with van der Waals surface area (Å²) >= 11 is 0. The van der Waals surface area contributed by atoms with Crippen molar-refractivity contribution in [3.05, 3.63) is 30.1 Å². The first-order chi connectivity index (χ1) is 11.6. The predicted molar refractivity (Wildman–Crippen MR) is 91.2 cm³/mol. The molecular weight excluding hydrogens is 306 g/mol. The van der Waals surface area contributed by atoms with Gasteiger partial charge in [-0.1, -0.05) is 26.2 Å². The molecule has 24 heavy (non-hydrogen) atoms. The lowest BCUT2D eigenvalue weighted by Gasteiger charge is -2.29. The number of urea groups is 1. The molecule has 0 aromatic carbocycles. The van der Waals surface area contributed by atoms with Crippen molar-refractivity contribution in [2.45, 2.75) is 51.6 Å². The number of ether oxygens (including phenoxy) is 1. The highest BCUT2D eigenvalue weighted by Gasteiger charge is 2.24. The second kappa shape index (κ2) is 9.25. The van der Waals surface area contributed by atoms with Crippen molar-refractivity contribution < 1.29 is 14.3 Å². The fraction of sp³-hybridized carbons (Fsp3) is 0.611. The maximum atomic E-state index is 12.7. The molecule has 1 aromatic rings. The molecule has 1 atom stereocenters. The average Bonchev–Trinajstić information content (AvgIpc) is 2.62. The van der Waals surface area contributed by atoms with Gasteiger partial charge < -0.3 is 15.0 Å². The average molecular weight is 333 g/mol. The minimum atomic E-state index is -0.367. The number of nitrogens with one attached hydrogen (secondary N) is 1. The van der Waals surface area contributed by atoms with Crippen LogP contribution in [0.5, 0.6) is 0 Å². The number of carbonyl (C=O) groups excluding carboxylic acids is 2. The van der Waals surface area contributed by atoms with Gasteiger partial charge in [0.2, 0.25) is 0 Å². The fourth-order valence-electron chi connectivity index (χ4n) is 3.05. The molecule has 1 aliphatic rings. The topological polar surface area (TPSA) is 71.5 Å². The number of hydrogen-bond acceptors (Lipinski definition) is 4. The lowest BCUT2D eigenvalue weighted by atomic mass is 9.96. The molecule has 6 heteroatoms. The molecule has 0 aliphatic heterocycles. The second-order valence-electron chi connectivity index (χ2n) is 6.44. The highest BCUT2D eigenvalue weighted by molar-refractivity contribution is 5.76. The van der Waals surface area contributed by atoms with Crippen LogP contribution in [0.2, 0.25) is 0 Å². The summed E-state index contributed by atoms with van der Waals surface area (Å²) in [6, 6.07) is 3.88. The molecule has 6 nitrogen and oxygen atoms in total. The van der Waals surface area contributed by atoms with Crippen molar-refractivity contribution >= 4 is 12.0 Å². The molecule has 1 saturated carbocycles. The van der Waals surface area contributed by atoms with E-state index in [1.807, 2.05) is 12.1 Å². The van der Waals surface area contributed by atoms with E-state index in [4.69, 9.17) is 4.74 Å². The molecule has 2 amide bonds. The van der Waals surface area contributed by atoms with E-state index in [1.165, 1.54) is 13.5 Å². The molecule has 1 aliphatic carbocycles. The van der Waals surface area contributed by atoms with E-state index >= 15 is 0 Å². The van der Waals surface area contributed by atoms with E-state index in [1.54, 1.807) is 24.2 Å². The zero-order chi connectivity index (χ0) is 17.4. The number of methoxy groups -OCH3 is 1. The van der Waals surface area contributed by atoms with Crippen molar-refractivity contribution in [2.24, 2.45) is 5.92 Å². The largest absolute Gasteiger partial charge is 0.469 e. The Labute approximate surface area is 143 Å². The number of hydrogen-bond donors (Lipinski definition) is 1. The number of esters is 1. The van der Waals surface area contributed by atoms with Crippen LogP contribution in [0.3, 0.4) is 0 Å². The van der Waals surface area contributed by atoms with Crippen molar-refractivity contribution in [1.29, 1.82) is 0 Å². The molecule has 1 aromatic heterocycles. The monoisotopic (exact) mass is 333 g/mol. The number of amides is 2. The summed E-state index contributed by atoms with van der Waals surface area (Å²) in [7, 11) is 1.37. The fourth-order valence-corrected chi connectivity index (χ4v) is 3.05. The van der Waals surface area contributed by atoms with Gasteiger partial charge in [-0.05, 0) is 30.5 Å². The zero-order valence-electron chi connectivity index (χ0n) is 14.5. The van der Waals surface area contributed by atoms with Crippen LogP contribution in [0.25, 0.3) is 0 Å². The van der Waals surface area contributed by atoms with Crippen LogP contribution >= 0.6 is 0 Å². The van der Waals surface area contributed by atoms with Crippen LogP contribution < -0.4 is 5.32 Å². The number of carbonyl (C=O) groups is 2. The van der Waals surface area contributed by atoms with Crippen molar-refractivity contribution in [1.82, 2.24) is 15.2 Å². The molecule has 132 valence electrons. The molecular formula is C18H27N3O3. The summed E-state index contributed by atoms with van der Waals surface area (Å²) in [6.45, 7) is 2.55. The van der Waals surface area contributed by atoms with Gasteiger partial charge in [0.15, 0.2) is 0 Å². The van der Waals surface area contributed by atoms with Crippen LogP contribution in [-0.4, -0.2) is 41.6 Å². The molecule has 0 spiro atoms. The first kappa shape index (κ1) is 18.2. The number of pyridine rings is 1. The molecule has 1 unspecified atom stereocenters. The first-order valence-electron chi connectivity index (χ1n) is 8.62.